The van der Waals surface area contributed by atoms with Crippen molar-refractivity contribution in [3.63, 3.8) is 0 Å². The number of unbranched alkanes of at least 4 members (excludes halogenated alkanes) is 3. The van der Waals surface area contributed by atoms with Gasteiger partial charge in [-0.1, -0.05) is 63.3 Å². The monoisotopic (exact) mass is 240 g/mol. The van der Waals surface area contributed by atoms with Crippen molar-refractivity contribution in [3.8, 4) is 0 Å². The van der Waals surface area contributed by atoms with E-state index in [1.165, 1.54) is 19.3 Å². The Morgan fingerprint density at radius 2 is 1.81 bits per heavy atom. The zero-order valence-corrected chi connectivity index (χ0v) is 12.4. The van der Waals surface area contributed by atoms with Crippen molar-refractivity contribution in [2.75, 3.05) is 0 Å². The van der Waals surface area contributed by atoms with Gasteiger partial charge < -0.3 is 5.11 Å². The summed E-state index contributed by atoms with van der Waals surface area (Å²) in [6.07, 6.45) is 11.7. The van der Waals surface area contributed by atoms with Crippen LogP contribution in [0.3, 0.4) is 0 Å². The highest BCUT2D eigenvalue weighted by Gasteiger charge is 2.07. The Kier molecular flexibility index (Phi) is 8.58. The summed E-state index contributed by atoms with van der Waals surface area (Å²) in [4.78, 5) is 0. The minimum Gasteiger partial charge on any atom is -0.389 e. The van der Waals surface area contributed by atoms with Crippen LogP contribution in [-0.4, -0.2) is 19.3 Å². The van der Waals surface area contributed by atoms with E-state index < -0.39 is 8.07 Å². The molecule has 0 aromatic rings. The third kappa shape index (κ3) is 11.7. The van der Waals surface area contributed by atoms with E-state index in [-0.39, 0.29) is 6.10 Å². The molecule has 0 aromatic carbocycles. The lowest BCUT2D eigenvalue weighted by molar-refractivity contribution is 0.227. The van der Waals surface area contributed by atoms with Crippen molar-refractivity contribution in [1.29, 1.82) is 0 Å². The highest BCUT2D eigenvalue weighted by molar-refractivity contribution is 6.80. The van der Waals surface area contributed by atoms with E-state index in [1.54, 1.807) is 0 Å². The summed E-state index contributed by atoms with van der Waals surface area (Å²) >= 11 is 0. The van der Waals surface area contributed by atoms with E-state index in [2.05, 4.69) is 44.4 Å². The van der Waals surface area contributed by atoms with Gasteiger partial charge in [0.2, 0.25) is 0 Å². The van der Waals surface area contributed by atoms with Gasteiger partial charge in [0.15, 0.2) is 0 Å². The Balaban J connectivity index is 3.64. The second-order valence-electron chi connectivity index (χ2n) is 5.50. The number of aliphatic hydroxyl groups is 1. The van der Waals surface area contributed by atoms with Gasteiger partial charge in [-0.3, -0.25) is 0 Å². The molecule has 1 N–H and O–H groups in total. The average Bonchev–Trinajstić information content (AvgIpc) is 2.19. The fourth-order valence-electron chi connectivity index (χ4n) is 1.34. The van der Waals surface area contributed by atoms with Crippen molar-refractivity contribution >= 4 is 8.07 Å². The zero-order valence-electron chi connectivity index (χ0n) is 11.4. The first-order valence-electron chi connectivity index (χ1n) is 6.48. The van der Waals surface area contributed by atoms with Crippen molar-refractivity contribution in [2.24, 2.45) is 0 Å². The van der Waals surface area contributed by atoms with Gasteiger partial charge in [-0.2, -0.15) is 0 Å². The second kappa shape index (κ2) is 8.77. The predicted octanol–water partition coefficient (Wildman–Crippen LogP) is 4.31. The molecular formula is C14H28OSi. The van der Waals surface area contributed by atoms with Gasteiger partial charge in [0.1, 0.15) is 0 Å². The first-order valence-corrected chi connectivity index (χ1v) is 10.1. The van der Waals surface area contributed by atoms with Crippen LogP contribution in [0.1, 0.15) is 39.0 Å². The first-order chi connectivity index (χ1) is 7.45. The Morgan fingerprint density at radius 3 is 2.38 bits per heavy atom. The molecule has 2 heteroatoms. The van der Waals surface area contributed by atoms with E-state index in [1.807, 2.05) is 6.08 Å². The van der Waals surface area contributed by atoms with E-state index in [4.69, 9.17) is 0 Å². The summed E-state index contributed by atoms with van der Waals surface area (Å²) < 4.78 is 0. The molecule has 16 heavy (non-hydrogen) atoms. The van der Waals surface area contributed by atoms with Gasteiger partial charge in [0.05, 0.1) is 14.2 Å². The standard InChI is InChI=1S/C14H28OSi/c1-5-6-7-8-9-10-11-14(15)12-13-16(2,3)4/h9-10,12-15H,5-8,11H2,1-4H3/b10-9-,13-12-. The molecule has 0 aliphatic heterocycles. The molecule has 0 heterocycles. The third-order valence-corrected chi connectivity index (χ3v) is 3.53. The maximum Gasteiger partial charge on any atom is 0.0751 e. The molecule has 0 radical (unpaired) electrons. The molecule has 0 bridgehead atoms. The van der Waals surface area contributed by atoms with Gasteiger partial charge in [-0.15, -0.1) is 0 Å². The molecular weight excluding hydrogens is 212 g/mol. The summed E-state index contributed by atoms with van der Waals surface area (Å²) in [5.41, 5.74) is 2.21. The molecule has 0 spiro atoms. The van der Waals surface area contributed by atoms with Crippen LogP contribution >= 0.6 is 0 Å². The van der Waals surface area contributed by atoms with Crippen molar-refractivity contribution in [2.45, 2.75) is 64.8 Å². The van der Waals surface area contributed by atoms with Gasteiger partial charge in [-0.25, -0.2) is 0 Å². The number of hydrogen-bond acceptors (Lipinski definition) is 1. The number of aliphatic hydroxyl groups excluding tert-OH is 1. The SMILES string of the molecule is CCCCC/C=C\CC(O)/C=C\[Si](C)(C)C. The number of hydrogen-bond donors (Lipinski definition) is 1. The van der Waals surface area contributed by atoms with Crippen LogP contribution in [0.25, 0.3) is 0 Å². The fourth-order valence-corrected chi connectivity index (χ4v) is 2.14. The van der Waals surface area contributed by atoms with Gasteiger partial charge in [0.25, 0.3) is 0 Å². The third-order valence-electron chi connectivity index (χ3n) is 2.34. The molecule has 0 fully saturated rings. The van der Waals surface area contributed by atoms with Crippen LogP contribution < -0.4 is 0 Å². The topological polar surface area (TPSA) is 20.2 Å². The summed E-state index contributed by atoms with van der Waals surface area (Å²) in [5, 5.41) is 9.70. The zero-order chi connectivity index (χ0) is 12.4. The van der Waals surface area contributed by atoms with Crippen LogP contribution in [0.15, 0.2) is 23.9 Å². The highest BCUT2D eigenvalue weighted by atomic mass is 28.3. The largest absolute Gasteiger partial charge is 0.389 e. The molecule has 94 valence electrons. The van der Waals surface area contributed by atoms with E-state index in [0.29, 0.717) is 0 Å². The van der Waals surface area contributed by atoms with Crippen LogP contribution in [0.2, 0.25) is 19.6 Å². The molecule has 1 nitrogen and oxygen atoms in total. The molecule has 1 atom stereocenters. The highest BCUT2D eigenvalue weighted by Crippen LogP contribution is 2.05. The Bertz CT molecular complexity index is 213. The molecule has 0 saturated heterocycles. The smallest absolute Gasteiger partial charge is 0.0751 e. The van der Waals surface area contributed by atoms with E-state index >= 15 is 0 Å². The van der Waals surface area contributed by atoms with Crippen LogP contribution in [0, 0.1) is 0 Å². The Labute approximate surface area is 102 Å². The maximum atomic E-state index is 9.70. The van der Waals surface area contributed by atoms with Crippen LogP contribution in [0.5, 0.6) is 0 Å². The number of rotatable bonds is 8. The first kappa shape index (κ1) is 15.7. The van der Waals surface area contributed by atoms with Crippen LogP contribution in [0.4, 0.5) is 0 Å². The molecule has 0 aliphatic rings. The molecule has 0 rings (SSSR count). The Hall–Kier alpha value is -0.343. The van der Waals surface area contributed by atoms with Crippen molar-refractivity contribution in [1.82, 2.24) is 0 Å². The van der Waals surface area contributed by atoms with E-state index in [9.17, 15) is 5.11 Å². The quantitative estimate of drug-likeness (QED) is 0.381. The summed E-state index contributed by atoms with van der Waals surface area (Å²) in [7, 11) is -1.15. The van der Waals surface area contributed by atoms with Crippen molar-refractivity contribution in [3.05, 3.63) is 23.9 Å². The Morgan fingerprint density at radius 1 is 1.12 bits per heavy atom. The predicted molar refractivity (Wildman–Crippen MR) is 76.4 cm³/mol. The average molecular weight is 240 g/mol. The molecule has 0 aromatic heterocycles. The molecule has 0 amide bonds. The second-order valence-corrected chi connectivity index (χ2v) is 10.6. The summed E-state index contributed by atoms with van der Waals surface area (Å²) in [5.74, 6) is 0. The summed E-state index contributed by atoms with van der Waals surface area (Å²) in [6.45, 7) is 9.04. The molecule has 0 saturated carbocycles. The maximum absolute atomic E-state index is 9.70. The van der Waals surface area contributed by atoms with E-state index in [0.717, 1.165) is 12.8 Å². The molecule has 0 aliphatic carbocycles. The minimum atomic E-state index is -1.15. The van der Waals surface area contributed by atoms with Crippen molar-refractivity contribution < 1.29 is 5.11 Å². The van der Waals surface area contributed by atoms with Gasteiger partial charge in [0, 0.05) is 0 Å². The molecule has 1 unspecified atom stereocenters. The number of allylic oxidation sites excluding steroid dienone is 1. The van der Waals surface area contributed by atoms with Gasteiger partial charge >= 0.3 is 0 Å². The lowest BCUT2D eigenvalue weighted by atomic mass is 10.1. The minimum absolute atomic E-state index is 0.297. The van der Waals surface area contributed by atoms with Crippen LogP contribution in [-0.2, 0) is 0 Å². The summed E-state index contributed by atoms with van der Waals surface area (Å²) in [6, 6.07) is 0. The normalized spacial score (nSPS) is 15.1. The van der Waals surface area contributed by atoms with Gasteiger partial charge in [-0.05, 0) is 19.3 Å². The fraction of sp³-hybridized carbons (Fsp3) is 0.714. The lowest BCUT2D eigenvalue weighted by Gasteiger charge is -2.09. The lowest BCUT2D eigenvalue weighted by Crippen LogP contribution is -2.17.